The van der Waals surface area contributed by atoms with Crippen molar-refractivity contribution in [2.45, 2.75) is 13.8 Å². The summed E-state index contributed by atoms with van der Waals surface area (Å²) in [6.07, 6.45) is 0. The number of carboxylic acid groups (broad SMARTS) is 1. The molecule has 0 aromatic heterocycles. The Morgan fingerprint density at radius 3 is 2.38 bits per heavy atom. The Morgan fingerprint density at radius 2 is 1.88 bits per heavy atom. The lowest BCUT2D eigenvalue weighted by molar-refractivity contribution is -0.133. The number of rotatable bonds is 6. The Bertz CT molecular complexity index is 268. The molecular formula is C9H16N2O4S. The highest BCUT2D eigenvalue weighted by Crippen LogP contribution is 1.97. The van der Waals surface area contributed by atoms with Gasteiger partial charge in [-0.1, -0.05) is 13.8 Å². The van der Waals surface area contributed by atoms with Crippen LogP contribution in [0.25, 0.3) is 0 Å². The molecule has 0 rings (SSSR count). The summed E-state index contributed by atoms with van der Waals surface area (Å²) in [6.45, 7) is 4.36. The smallest absolute Gasteiger partial charge is 0.321 e. The second-order valence-corrected chi connectivity index (χ2v) is 4.52. The summed E-state index contributed by atoms with van der Waals surface area (Å²) in [6, 6.07) is -0.547. The lowest BCUT2D eigenvalue weighted by Crippen LogP contribution is -2.41. The minimum atomic E-state index is -0.984. The molecule has 0 radical (unpaired) electrons. The zero-order chi connectivity index (χ0) is 12.6. The van der Waals surface area contributed by atoms with Crippen LogP contribution in [0, 0.1) is 5.92 Å². The molecule has 0 aliphatic rings. The summed E-state index contributed by atoms with van der Waals surface area (Å²) in [5, 5.41) is 12.9. The van der Waals surface area contributed by atoms with Crippen molar-refractivity contribution in [3.63, 3.8) is 0 Å². The quantitative estimate of drug-likeness (QED) is 0.627. The fraction of sp³-hybridized carbons (Fsp3) is 0.667. The van der Waals surface area contributed by atoms with Crippen molar-refractivity contribution in [1.82, 2.24) is 10.6 Å². The maximum Gasteiger partial charge on any atom is 0.321 e. The number of imide groups is 1. The van der Waals surface area contributed by atoms with Gasteiger partial charge in [0, 0.05) is 6.54 Å². The van der Waals surface area contributed by atoms with Gasteiger partial charge in [-0.25, -0.2) is 4.79 Å². The van der Waals surface area contributed by atoms with Crippen molar-refractivity contribution in [1.29, 1.82) is 0 Å². The van der Waals surface area contributed by atoms with Crippen molar-refractivity contribution >= 4 is 29.7 Å². The van der Waals surface area contributed by atoms with Crippen molar-refractivity contribution in [2.24, 2.45) is 5.92 Å². The van der Waals surface area contributed by atoms with Crippen LogP contribution in [-0.2, 0) is 9.59 Å². The first-order chi connectivity index (χ1) is 7.41. The molecule has 0 atom stereocenters. The molecule has 16 heavy (non-hydrogen) atoms. The number of thioether (sulfide) groups is 1. The van der Waals surface area contributed by atoms with Crippen LogP contribution >= 0.6 is 11.8 Å². The lowest BCUT2D eigenvalue weighted by Gasteiger charge is -2.07. The molecule has 0 aliphatic heterocycles. The minimum Gasteiger partial charge on any atom is -0.481 e. The monoisotopic (exact) mass is 248 g/mol. The van der Waals surface area contributed by atoms with Crippen LogP contribution in [-0.4, -0.2) is 41.1 Å². The third kappa shape index (κ3) is 9.32. The number of carbonyl (C=O) groups is 3. The summed E-state index contributed by atoms with van der Waals surface area (Å²) >= 11 is 0.944. The number of carbonyl (C=O) groups excluding carboxylic acids is 2. The normalized spacial score (nSPS) is 9.94. The Balaban J connectivity index is 3.62. The Morgan fingerprint density at radius 1 is 1.25 bits per heavy atom. The molecule has 0 aromatic rings. The van der Waals surface area contributed by atoms with Gasteiger partial charge in [0.2, 0.25) is 5.91 Å². The number of aliphatic carboxylic acids is 1. The minimum absolute atomic E-state index is 0.0403. The topological polar surface area (TPSA) is 95.5 Å². The van der Waals surface area contributed by atoms with Crippen molar-refractivity contribution in [3.8, 4) is 0 Å². The SMILES string of the molecule is CC(C)CNC(=O)NC(=O)CSCC(=O)O. The summed E-state index contributed by atoms with van der Waals surface area (Å²) in [5.41, 5.74) is 0. The predicted molar refractivity (Wildman–Crippen MR) is 61.3 cm³/mol. The molecule has 7 heteroatoms. The first-order valence-corrected chi connectivity index (χ1v) is 5.94. The van der Waals surface area contributed by atoms with Crippen molar-refractivity contribution in [3.05, 3.63) is 0 Å². The van der Waals surface area contributed by atoms with Gasteiger partial charge < -0.3 is 10.4 Å². The van der Waals surface area contributed by atoms with E-state index in [2.05, 4.69) is 10.6 Å². The number of hydrogen-bond acceptors (Lipinski definition) is 4. The van der Waals surface area contributed by atoms with E-state index in [0.29, 0.717) is 12.5 Å². The van der Waals surface area contributed by atoms with Gasteiger partial charge in [0.1, 0.15) is 0 Å². The fourth-order valence-corrected chi connectivity index (χ4v) is 1.27. The molecule has 3 N–H and O–H groups in total. The maximum absolute atomic E-state index is 11.1. The average molecular weight is 248 g/mol. The average Bonchev–Trinajstić information content (AvgIpc) is 2.14. The molecule has 3 amide bonds. The van der Waals surface area contributed by atoms with Crippen LogP contribution in [0.1, 0.15) is 13.8 Å². The number of hydrogen-bond donors (Lipinski definition) is 3. The molecule has 0 aliphatic carbocycles. The number of amides is 3. The van der Waals surface area contributed by atoms with Crippen LogP contribution in [0.2, 0.25) is 0 Å². The van der Waals surface area contributed by atoms with Crippen LogP contribution in [0.5, 0.6) is 0 Å². The molecule has 0 saturated carbocycles. The Hall–Kier alpha value is -1.24. The van der Waals surface area contributed by atoms with Gasteiger partial charge in [-0.15, -0.1) is 11.8 Å². The second-order valence-electron chi connectivity index (χ2n) is 3.54. The van der Waals surface area contributed by atoms with Gasteiger partial charge in [-0.05, 0) is 5.92 Å². The Labute approximate surface area is 98.2 Å². The third-order valence-corrected chi connectivity index (χ3v) is 2.30. The third-order valence-electron chi connectivity index (χ3n) is 1.38. The van der Waals surface area contributed by atoms with E-state index < -0.39 is 17.9 Å². The number of urea groups is 1. The summed E-state index contributed by atoms with van der Waals surface area (Å²) in [5.74, 6) is -1.36. The summed E-state index contributed by atoms with van der Waals surface area (Å²) < 4.78 is 0. The second kappa shape index (κ2) is 7.98. The first-order valence-electron chi connectivity index (χ1n) is 4.79. The molecular weight excluding hydrogens is 232 g/mol. The standard InChI is InChI=1S/C9H16N2O4S/c1-6(2)3-10-9(15)11-7(12)4-16-5-8(13)14/h6H,3-5H2,1-2H3,(H,13,14)(H2,10,11,12,15). The van der Waals surface area contributed by atoms with Crippen LogP contribution in [0.4, 0.5) is 4.79 Å². The highest BCUT2D eigenvalue weighted by Gasteiger charge is 2.08. The van der Waals surface area contributed by atoms with Crippen LogP contribution < -0.4 is 10.6 Å². The molecule has 6 nitrogen and oxygen atoms in total. The van der Waals surface area contributed by atoms with E-state index in [1.165, 1.54) is 0 Å². The molecule has 92 valence electrons. The molecule has 0 unspecified atom stereocenters. The van der Waals surface area contributed by atoms with E-state index in [0.717, 1.165) is 11.8 Å². The molecule has 0 spiro atoms. The van der Waals surface area contributed by atoms with Gasteiger partial charge in [0.05, 0.1) is 11.5 Å². The van der Waals surface area contributed by atoms with E-state index in [4.69, 9.17) is 5.11 Å². The first kappa shape index (κ1) is 14.8. The zero-order valence-electron chi connectivity index (χ0n) is 9.28. The van der Waals surface area contributed by atoms with Crippen molar-refractivity contribution < 1.29 is 19.5 Å². The van der Waals surface area contributed by atoms with Gasteiger partial charge in [-0.3, -0.25) is 14.9 Å². The predicted octanol–water partition coefficient (Wildman–Crippen LogP) is 0.286. The van der Waals surface area contributed by atoms with E-state index in [1.54, 1.807) is 0 Å². The fourth-order valence-electron chi connectivity index (χ4n) is 0.735. The molecule has 0 fully saturated rings. The van der Waals surface area contributed by atoms with E-state index in [9.17, 15) is 14.4 Å². The lowest BCUT2D eigenvalue weighted by atomic mass is 10.2. The summed E-state index contributed by atoms with van der Waals surface area (Å²) in [7, 11) is 0. The van der Waals surface area contributed by atoms with E-state index in [1.807, 2.05) is 13.8 Å². The summed E-state index contributed by atoms with van der Waals surface area (Å²) in [4.78, 5) is 32.3. The molecule has 0 heterocycles. The molecule has 0 saturated heterocycles. The van der Waals surface area contributed by atoms with Gasteiger partial charge in [-0.2, -0.15) is 0 Å². The Kier molecular flexibility index (Phi) is 7.36. The number of nitrogens with one attached hydrogen (secondary N) is 2. The molecule has 0 aromatic carbocycles. The van der Waals surface area contributed by atoms with E-state index >= 15 is 0 Å². The highest BCUT2D eigenvalue weighted by atomic mass is 32.2. The van der Waals surface area contributed by atoms with Crippen LogP contribution in [0.3, 0.4) is 0 Å². The largest absolute Gasteiger partial charge is 0.481 e. The molecule has 0 bridgehead atoms. The van der Waals surface area contributed by atoms with Crippen molar-refractivity contribution in [2.75, 3.05) is 18.1 Å². The number of carboxylic acids is 1. The van der Waals surface area contributed by atoms with E-state index in [-0.39, 0.29) is 11.5 Å². The highest BCUT2D eigenvalue weighted by molar-refractivity contribution is 8.00. The maximum atomic E-state index is 11.1. The van der Waals surface area contributed by atoms with Gasteiger partial charge in [0.15, 0.2) is 0 Å². The van der Waals surface area contributed by atoms with Gasteiger partial charge >= 0.3 is 12.0 Å². The zero-order valence-corrected chi connectivity index (χ0v) is 10.1. The van der Waals surface area contributed by atoms with Crippen LogP contribution in [0.15, 0.2) is 0 Å². The van der Waals surface area contributed by atoms with Gasteiger partial charge in [0.25, 0.3) is 0 Å².